The molecule has 1 heterocycles. The Balaban J connectivity index is 2.80. The number of carbonyl (C=O) groups is 1. The number of nitrogens with zero attached hydrogens (tertiary/aromatic N) is 2. The molecule has 0 aromatic carbocycles. The lowest BCUT2D eigenvalue weighted by Crippen LogP contribution is -1.99. The maximum Gasteiger partial charge on any atom is 0.141 e. The molecule has 0 aliphatic rings. The second kappa shape index (κ2) is 2.77. The lowest BCUT2D eigenvalue weighted by Gasteiger charge is -1.92. The van der Waals surface area contributed by atoms with Crippen molar-refractivity contribution in [3.8, 4) is 0 Å². The minimum Gasteiger partial charge on any atom is -0.301 e. The van der Waals surface area contributed by atoms with Gasteiger partial charge in [0.15, 0.2) is 0 Å². The van der Waals surface area contributed by atoms with E-state index in [2.05, 4.69) is 21.0 Å². The van der Waals surface area contributed by atoms with Crippen LogP contribution in [-0.2, 0) is 11.3 Å². The fourth-order valence-electron chi connectivity index (χ4n) is 0.521. The number of halogens is 1. The highest BCUT2D eigenvalue weighted by atomic mass is 79.9. The van der Waals surface area contributed by atoms with Crippen LogP contribution in [0.1, 0.15) is 0 Å². The van der Waals surface area contributed by atoms with Crippen molar-refractivity contribution in [1.82, 2.24) is 9.78 Å². The number of rotatable bonds is 2. The van der Waals surface area contributed by atoms with Gasteiger partial charge >= 0.3 is 0 Å². The van der Waals surface area contributed by atoms with Gasteiger partial charge in [-0.1, -0.05) is 0 Å². The quantitative estimate of drug-likeness (QED) is 0.646. The van der Waals surface area contributed by atoms with E-state index in [0.29, 0.717) is 6.54 Å². The molecule has 0 N–H and O–H groups in total. The first kappa shape index (κ1) is 6.48. The van der Waals surface area contributed by atoms with Gasteiger partial charge in [0, 0.05) is 0 Å². The Morgan fingerprint density at radius 3 is 3.11 bits per heavy atom. The van der Waals surface area contributed by atoms with Crippen molar-refractivity contribution >= 4 is 22.2 Å². The fourth-order valence-corrected chi connectivity index (χ4v) is 0.876. The summed E-state index contributed by atoms with van der Waals surface area (Å²) in [5, 5.41) is 3.84. The van der Waals surface area contributed by atoms with Crippen LogP contribution >= 0.6 is 15.9 Å². The van der Waals surface area contributed by atoms with E-state index in [1.807, 2.05) is 0 Å². The molecule has 0 saturated carbocycles. The third kappa shape index (κ3) is 1.38. The molecule has 0 bridgehead atoms. The molecule has 0 aliphatic heterocycles. The molecule has 0 saturated heterocycles. The van der Waals surface area contributed by atoms with Crippen molar-refractivity contribution in [2.24, 2.45) is 0 Å². The van der Waals surface area contributed by atoms with Crippen molar-refractivity contribution < 1.29 is 4.79 Å². The van der Waals surface area contributed by atoms with Gasteiger partial charge in [-0.05, 0) is 22.0 Å². The smallest absolute Gasteiger partial charge is 0.141 e. The monoisotopic (exact) mass is 188 g/mol. The van der Waals surface area contributed by atoms with E-state index in [1.54, 1.807) is 16.9 Å². The van der Waals surface area contributed by atoms with E-state index in [9.17, 15) is 4.79 Å². The van der Waals surface area contributed by atoms with Gasteiger partial charge in [0.1, 0.15) is 10.9 Å². The summed E-state index contributed by atoms with van der Waals surface area (Å²) in [6, 6.07) is 1.78. The average Bonchev–Trinajstić information content (AvgIpc) is 2.18. The first-order chi connectivity index (χ1) is 4.34. The Hall–Kier alpha value is -0.640. The summed E-state index contributed by atoms with van der Waals surface area (Å²) in [6.45, 7) is 0.313. The van der Waals surface area contributed by atoms with Crippen LogP contribution in [0.25, 0.3) is 0 Å². The second-order valence-corrected chi connectivity index (χ2v) is 2.32. The average molecular weight is 189 g/mol. The zero-order chi connectivity index (χ0) is 6.69. The van der Waals surface area contributed by atoms with E-state index in [1.165, 1.54) is 0 Å². The summed E-state index contributed by atoms with van der Waals surface area (Å²) in [7, 11) is 0. The van der Waals surface area contributed by atoms with Gasteiger partial charge in [0.05, 0.1) is 12.7 Å². The molecular formula is C5H5BrN2O. The van der Waals surface area contributed by atoms with Gasteiger partial charge in [0.25, 0.3) is 0 Å². The number of aldehydes is 1. The van der Waals surface area contributed by atoms with Crippen LogP contribution in [0, 0.1) is 0 Å². The van der Waals surface area contributed by atoms with Gasteiger partial charge in [-0.25, -0.2) is 0 Å². The Kier molecular flexibility index (Phi) is 2.00. The van der Waals surface area contributed by atoms with Crippen LogP contribution in [-0.4, -0.2) is 16.1 Å². The van der Waals surface area contributed by atoms with E-state index in [0.717, 1.165) is 10.9 Å². The zero-order valence-electron chi connectivity index (χ0n) is 4.62. The molecule has 9 heavy (non-hydrogen) atoms. The first-order valence-corrected chi connectivity index (χ1v) is 3.25. The predicted octanol–water partition coefficient (Wildman–Crippen LogP) is 0.844. The summed E-state index contributed by atoms with van der Waals surface area (Å²) in [5.41, 5.74) is 0. The number of hydrogen-bond acceptors (Lipinski definition) is 2. The highest BCUT2D eigenvalue weighted by Crippen LogP contribution is 2.05. The fraction of sp³-hybridized carbons (Fsp3) is 0.200. The van der Waals surface area contributed by atoms with E-state index < -0.39 is 0 Å². The minimum absolute atomic E-state index is 0.313. The summed E-state index contributed by atoms with van der Waals surface area (Å²) in [6.07, 6.45) is 2.44. The molecule has 0 radical (unpaired) electrons. The van der Waals surface area contributed by atoms with Gasteiger partial charge < -0.3 is 4.79 Å². The third-order valence-electron chi connectivity index (χ3n) is 0.912. The van der Waals surface area contributed by atoms with E-state index in [4.69, 9.17) is 0 Å². The summed E-state index contributed by atoms with van der Waals surface area (Å²) >= 11 is 3.21. The van der Waals surface area contributed by atoms with Crippen LogP contribution in [0.4, 0.5) is 0 Å². The van der Waals surface area contributed by atoms with Crippen LogP contribution < -0.4 is 0 Å². The molecule has 0 fully saturated rings. The van der Waals surface area contributed by atoms with Gasteiger partial charge in [-0.2, -0.15) is 5.10 Å². The van der Waals surface area contributed by atoms with Gasteiger partial charge in [-0.3, -0.25) is 4.68 Å². The molecule has 0 unspecified atom stereocenters. The summed E-state index contributed by atoms with van der Waals surface area (Å²) < 4.78 is 2.39. The predicted molar refractivity (Wildman–Crippen MR) is 36.0 cm³/mol. The molecule has 1 rings (SSSR count). The van der Waals surface area contributed by atoms with Gasteiger partial charge in [0.2, 0.25) is 0 Å². The summed E-state index contributed by atoms with van der Waals surface area (Å²) in [4.78, 5) is 9.94. The lowest BCUT2D eigenvalue weighted by molar-refractivity contribution is -0.108. The number of carbonyl (C=O) groups excluding carboxylic acids is 1. The zero-order valence-corrected chi connectivity index (χ0v) is 6.21. The molecular weight excluding hydrogens is 184 g/mol. The molecule has 0 aliphatic carbocycles. The Morgan fingerprint density at radius 2 is 2.67 bits per heavy atom. The Labute approximate surface area is 60.8 Å². The van der Waals surface area contributed by atoms with Crippen molar-refractivity contribution in [3.63, 3.8) is 0 Å². The largest absolute Gasteiger partial charge is 0.301 e. The van der Waals surface area contributed by atoms with E-state index in [-0.39, 0.29) is 0 Å². The molecule has 0 spiro atoms. The molecule has 4 heteroatoms. The SMILES string of the molecule is O=CCn1nccc1Br. The molecule has 1 aromatic heterocycles. The standard InChI is InChI=1S/C5H5BrN2O/c6-5-1-2-7-8(5)3-4-9/h1-2,4H,3H2. The van der Waals surface area contributed by atoms with Gasteiger partial charge in [-0.15, -0.1) is 0 Å². The number of aromatic nitrogens is 2. The highest BCUT2D eigenvalue weighted by Gasteiger charge is 1.93. The van der Waals surface area contributed by atoms with Crippen molar-refractivity contribution in [3.05, 3.63) is 16.9 Å². The minimum atomic E-state index is 0.313. The van der Waals surface area contributed by atoms with Crippen molar-refractivity contribution in [2.75, 3.05) is 0 Å². The lowest BCUT2D eigenvalue weighted by atomic mass is 10.7. The Bertz CT molecular complexity index is 208. The normalized spacial score (nSPS) is 9.44. The van der Waals surface area contributed by atoms with Crippen molar-refractivity contribution in [2.45, 2.75) is 6.54 Å². The molecule has 48 valence electrons. The molecule has 3 nitrogen and oxygen atoms in total. The Morgan fingerprint density at radius 1 is 1.89 bits per heavy atom. The van der Waals surface area contributed by atoms with Crippen LogP contribution in [0.3, 0.4) is 0 Å². The summed E-state index contributed by atoms with van der Waals surface area (Å²) in [5.74, 6) is 0. The molecule has 0 amide bonds. The maximum absolute atomic E-state index is 9.94. The topological polar surface area (TPSA) is 34.9 Å². The second-order valence-electron chi connectivity index (χ2n) is 1.50. The maximum atomic E-state index is 9.94. The van der Waals surface area contributed by atoms with Crippen LogP contribution in [0.2, 0.25) is 0 Å². The van der Waals surface area contributed by atoms with Crippen molar-refractivity contribution in [1.29, 1.82) is 0 Å². The third-order valence-corrected chi connectivity index (χ3v) is 1.59. The highest BCUT2D eigenvalue weighted by molar-refractivity contribution is 9.10. The molecule has 1 aromatic rings. The van der Waals surface area contributed by atoms with E-state index >= 15 is 0 Å². The molecule has 0 atom stereocenters. The number of hydrogen-bond donors (Lipinski definition) is 0. The van der Waals surface area contributed by atoms with Crippen LogP contribution in [0.15, 0.2) is 16.9 Å². The first-order valence-electron chi connectivity index (χ1n) is 2.45. The van der Waals surface area contributed by atoms with Crippen LogP contribution in [0.5, 0.6) is 0 Å².